The molecule has 1 aliphatic rings. The summed E-state index contributed by atoms with van der Waals surface area (Å²) in [7, 11) is 1.74. The maximum atomic E-state index is 9.25. The van der Waals surface area contributed by atoms with Crippen LogP contribution in [0.3, 0.4) is 0 Å². The molecule has 0 aromatic rings. The first-order chi connectivity index (χ1) is 5.04. The Morgan fingerprint density at radius 1 is 1.45 bits per heavy atom. The van der Waals surface area contributed by atoms with Crippen LogP contribution in [-0.2, 0) is 0 Å². The largest absolute Gasteiger partial charge is 0.503 e. The van der Waals surface area contributed by atoms with E-state index >= 15 is 0 Å². The second kappa shape index (κ2) is 2.49. The molecule has 1 atom stereocenters. The van der Waals surface area contributed by atoms with Gasteiger partial charge in [-0.1, -0.05) is 0 Å². The molecule has 0 saturated heterocycles. The second-order valence-electron chi connectivity index (χ2n) is 2.88. The highest BCUT2D eigenvalue weighted by molar-refractivity contribution is 5.27. The lowest BCUT2D eigenvalue weighted by atomic mass is 10.1. The first-order valence-corrected chi connectivity index (χ1v) is 3.57. The monoisotopic (exact) mass is 155 g/mol. The van der Waals surface area contributed by atoms with Crippen LogP contribution in [0.4, 0.5) is 0 Å². The van der Waals surface area contributed by atoms with Crippen LogP contribution in [-0.4, -0.2) is 28.2 Å². The molecule has 1 rings (SSSR count). The topological polar surface area (TPSA) is 43.7 Å². The van der Waals surface area contributed by atoms with Crippen LogP contribution in [0.25, 0.3) is 0 Å². The summed E-state index contributed by atoms with van der Waals surface area (Å²) in [5, 5.41) is 18.4. The zero-order valence-electron chi connectivity index (χ0n) is 7.00. The van der Waals surface area contributed by atoms with Crippen molar-refractivity contribution in [3.63, 3.8) is 0 Å². The van der Waals surface area contributed by atoms with Crippen molar-refractivity contribution < 1.29 is 10.2 Å². The highest BCUT2D eigenvalue weighted by Crippen LogP contribution is 2.20. The molecule has 0 aromatic heterocycles. The fraction of sp³-hybridized carbons (Fsp3) is 0.500. The molecule has 0 aliphatic carbocycles. The molecule has 3 nitrogen and oxygen atoms in total. The third kappa shape index (κ3) is 1.18. The molecule has 0 aromatic carbocycles. The summed E-state index contributed by atoms with van der Waals surface area (Å²) in [5.74, 6) is -0.105. The number of hydrogen-bond donors (Lipinski definition) is 2. The second-order valence-corrected chi connectivity index (χ2v) is 2.88. The first kappa shape index (κ1) is 7.98. The van der Waals surface area contributed by atoms with Crippen LogP contribution in [0.5, 0.6) is 0 Å². The van der Waals surface area contributed by atoms with Gasteiger partial charge in [0.2, 0.25) is 5.88 Å². The van der Waals surface area contributed by atoms with E-state index in [1.165, 1.54) is 0 Å². The van der Waals surface area contributed by atoms with E-state index < -0.39 is 0 Å². The Morgan fingerprint density at radius 2 is 2.00 bits per heavy atom. The number of hydrogen-bond acceptors (Lipinski definition) is 3. The normalized spacial score (nSPS) is 25.5. The average Bonchev–Trinajstić information content (AvgIpc) is 1.97. The van der Waals surface area contributed by atoms with Crippen molar-refractivity contribution in [3.8, 4) is 0 Å². The molecule has 1 heterocycles. The van der Waals surface area contributed by atoms with Crippen LogP contribution in [0, 0.1) is 0 Å². The van der Waals surface area contributed by atoms with Gasteiger partial charge in [-0.15, -0.1) is 0 Å². The van der Waals surface area contributed by atoms with Crippen LogP contribution < -0.4 is 0 Å². The number of nitrogens with zero attached hydrogens (tertiary/aromatic N) is 1. The Labute approximate surface area is 66.3 Å². The Balaban J connectivity index is 3.01. The van der Waals surface area contributed by atoms with Gasteiger partial charge in [0, 0.05) is 7.05 Å². The maximum Gasteiger partial charge on any atom is 0.230 e. The molecular formula is C8H13NO2. The van der Waals surface area contributed by atoms with E-state index in [0.29, 0.717) is 0 Å². The van der Waals surface area contributed by atoms with E-state index in [1.807, 2.05) is 13.8 Å². The van der Waals surface area contributed by atoms with Gasteiger partial charge in [-0.05, 0) is 25.5 Å². The molecule has 0 amide bonds. The van der Waals surface area contributed by atoms with Gasteiger partial charge in [-0.25, -0.2) is 0 Å². The molecule has 0 saturated carbocycles. The summed E-state index contributed by atoms with van der Waals surface area (Å²) in [4.78, 5) is 1.63. The van der Waals surface area contributed by atoms with Crippen molar-refractivity contribution in [2.45, 2.75) is 19.9 Å². The number of rotatable bonds is 0. The maximum absolute atomic E-state index is 9.25. The van der Waals surface area contributed by atoms with Crippen molar-refractivity contribution >= 4 is 0 Å². The van der Waals surface area contributed by atoms with E-state index in [0.717, 1.165) is 5.57 Å². The molecule has 1 aliphatic heterocycles. The molecular weight excluding hydrogens is 142 g/mol. The highest BCUT2D eigenvalue weighted by atomic mass is 16.3. The van der Waals surface area contributed by atoms with E-state index in [9.17, 15) is 5.11 Å². The van der Waals surface area contributed by atoms with E-state index in [4.69, 9.17) is 5.11 Å². The van der Waals surface area contributed by atoms with Crippen LogP contribution in [0.15, 0.2) is 23.3 Å². The summed E-state index contributed by atoms with van der Waals surface area (Å²) >= 11 is 0. The van der Waals surface area contributed by atoms with E-state index in [2.05, 4.69) is 0 Å². The van der Waals surface area contributed by atoms with Crippen molar-refractivity contribution in [1.82, 2.24) is 4.90 Å². The Bertz CT molecular complexity index is 230. The molecule has 2 N–H and O–H groups in total. The van der Waals surface area contributed by atoms with Crippen LogP contribution >= 0.6 is 0 Å². The van der Waals surface area contributed by atoms with Gasteiger partial charge in [0.15, 0.2) is 5.76 Å². The summed E-state index contributed by atoms with van der Waals surface area (Å²) in [6.07, 6.45) is 1.58. The van der Waals surface area contributed by atoms with Crippen molar-refractivity contribution in [2.75, 3.05) is 7.05 Å². The van der Waals surface area contributed by atoms with Crippen LogP contribution in [0.2, 0.25) is 0 Å². The van der Waals surface area contributed by atoms with Gasteiger partial charge in [-0.3, -0.25) is 0 Å². The SMILES string of the molecule is CC1=CC(O)=C(O)N(C)C1C. The van der Waals surface area contributed by atoms with Gasteiger partial charge in [0.05, 0.1) is 6.04 Å². The Morgan fingerprint density at radius 3 is 2.55 bits per heavy atom. The summed E-state index contributed by atoms with van der Waals surface area (Å²) in [6, 6.07) is 0.158. The minimum absolute atomic E-state index is 0.0527. The van der Waals surface area contributed by atoms with Gasteiger partial charge in [-0.2, -0.15) is 0 Å². The molecule has 0 radical (unpaired) electrons. The zero-order chi connectivity index (χ0) is 8.59. The number of aliphatic hydroxyl groups excluding tert-OH is 2. The fourth-order valence-corrected chi connectivity index (χ4v) is 1.07. The molecule has 0 bridgehead atoms. The molecule has 11 heavy (non-hydrogen) atoms. The number of aliphatic hydroxyl groups is 2. The summed E-state index contributed by atoms with van der Waals surface area (Å²) < 4.78 is 0. The molecule has 3 heteroatoms. The summed E-state index contributed by atoms with van der Waals surface area (Å²) in [6.45, 7) is 3.89. The van der Waals surface area contributed by atoms with Crippen molar-refractivity contribution in [3.05, 3.63) is 23.3 Å². The van der Waals surface area contributed by atoms with E-state index in [-0.39, 0.29) is 17.7 Å². The predicted molar refractivity (Wildman–Crippen MR) is 43.3 cm³/mol. The molecule has 0 spiro atoms. The van der Waals surface area contributed by atoms with E-state index in [1.54, 1.807) is 18.0 Å². The average molecular weight is 155 g/mol. The minimum Gasteiger partial charge on any atom is -0.503 e. The molecule has 1 unspecified atom stereocenters. The minimum atomic E-state index is -0.0527. The van der Waals surface area contributed by atoms with Crippen molar-refractivity contribution in [2.24, 2.45) is 0 Å². The standard InChI is InChI=1S/C8H13NO2/c1-5-4-7(10)8(11)9(3)6(5)2/h4,6,10-11H,1-3H3. The van der Waals surface area contributed by atoms with Crippen molar-refractivity contribution in [1.29, 1.82) is 0 Å². The number of likely N-dealkylation sites (N-methyl/N-ethyl adjacent to an activating group) is 1. The fourth-order valence-electron chi connectivity index (χ4n) is 1.07. The quantitative estimate of drug-likeness (QED) is 0.557. The molecule has 62 valence electrons. The summed E-state index contributed by atoms with van der Waals surface area (Å²) in [5.41, 5.74) is 1.04. The lowest BCUT2D eigenvalue weighted by molar-refractivity contribution is 0.174. The third-order valence-corrected chi connectivity index (χ3v) is 2.17. The third-order valence-electron chi connectivity index (χ3n) is 2.17. The lowest BCUT2D eigenvalue weighted by Crippen LogP contribution is -2.32. The highest BCUT2D eigenvalue weighted by Gasteiger charge is 2.20. The predicted octanol–water partition coefficient (Wildman–Crippen LogP) is 1.55. The molecule has 0 fully saturated rings. The Hall–Kier alpha value is -1.12. The smallest absolute Gasteiger partial charge is 0.230 e. The first-order valence-electron chi connectivity index (χ1n) is 3.57. The number of allylic oxidation sites excluding steroid dienone is 1. The van der Waals surface area contributed by atoms with Gasteiger partial charge >= 0.3 is 0 Å². The van der Waals surface area contributed by atoms with Gasteiger partial charge in [0.25, 0.3) is 0 Å². The lowest BCUT2D eigenvalue weighted by Gasteiger charge is -2.29. The Kier molecular flexibility index (Phi) is 1.81. The van der Waals surface area contributed by atoms with Crippen LogP contribution in [0.1, 0.15) is 13.8 Å². The zero-order valence-corrected chi connectivity index (χ0v) is 7.00. The van der Waals surface area contributed by atoms with Gasteiger partial charge in [0.1, 0.15) is 0 Å². The van der Waals surface area contributed by atoms with Gasteiger partial charge < -0.3 is 15.1 Å².